The largest absolute Gasteiger partial charge is 0.481 e. The molecule has 0 aliphatic rings. The van der Waals surface area contributed by atoms with Gasteiger partial charge in [-0.1, -0.05) is 35.7 Å². The summed E-state index contributed by atoms with van der Waals surface area (Å²) < 4.78 is 5.13. The van der Waals surface area contributed by atoms with E-state index in [9.17, 15) is 9.59 Å². The van der Waals surface area contributed by atoms with Crippen molar-refractivity contribution < 1.29 is 19.4 Å². The summed E-state index contributed by atoms with van der Waals surface area (Å²) in [6.45, 7) is 1.13. The highest BCUT2D eigenvalue weighted by Gasteiger charge is 2.02. The van der Waals surface area contributed by atoms with Crippen LogP contribution in [0, 0.1) is 11.8 Å². The lowest BCUT2D eigenvalue weighted by molar-refractivity contribution is -0.139. The van der Waals surface area contributed by atoms with Crippen molar-refractivity contribution in [3.05, 3.63) is 29.8 Å². The summed E-state index contributed by atoms with van der Waals surface area (Å²) >= 11 is 1.23. The number of thioether (sulfide) groups is 1. The Morgan fingerprint density at radius 2 is 2.11 bits per heavy atom. The number of hydrogen-bond donors (Lipinski definition) is 1. The molecule has 0 saturated heterocycles. The van der Waals surface area contributed by atoms with E-state index in [2.05, 4.69) is 11.8 Å². The monoisotopic (exact) mass is 278 g/mol. The molecule has 1 N–H and O–H groups in total. The fraction of sp³-hybridized carbons (Fsp3) is 0.286. The number of carboxylic acid groups (broad SMARTS) is 1. The Kier molecular flexibility index (Phi) is 6.55. The molecule has 5 heteroatoms. The van der Waals surface area contributed by atoms with Crippen LogP contribution in [0.2, 0.25) is 0 Å². The van der Waals surface area contributed by atoms with Gasteiger partial charge in [-0.25, -0.2) is 4.79 Å². The summed E-state index contributed by atoms with van der Waals surface area (Å²) in [7, 11) is 0. The number of carbonyl (C=O) groups is 2. The minimum absolute atomic E-state index is 0.0759. The molecule has 0 amide bonds. The normalized spacial score (nSPS) is 9.32. The van der Waals surface area contributed by atoms with Gasteiger partial charge >= 0.3 is 5.97 Å². The molecule has 0 heterocycles. The second-order valence-electron chi connectivity index (χ2n) is 3.57. The molecule has 1 aromatic rings. The van der Waals surface area contributed by atoms with E-state index in [1.165, 1.54) is 18.7 Å². The maximum atomic E-state index is 10.7. The van der Waals surface area contributed by atoms with Crippen LogP contribution in [0.25, 0.3) is 0 Å². The third kappa shape index (κ3) is 6.53. The van der Waals surface area contributed by atoms with Gasteiger partial charge in [-0.05, 0) is 12.1 Å². The molecule has 4 nitrogen and oxygen atoms in total. The highest BCUT2D eigenvalue weighted by Crippen LogP contribution is 2.16. The molecule has 0 saturated carbocycles. The first kappa shape index (κ1) is 15.1. The zero-order valence-electron chi connectivity index (χ0n) is 10.5. The summed E-state index contributed by atoms with van der Waals surface area (Å²) in [6.07, 6.45) is 0.595. The Labute approximate surface area is 116 Å². The van der Waals surface area contributed by atoms with Crippen LogP contribution >= 0.6 is 11.8 Å². The van der Waals surface area contributed by atoms with Gasteiger partial charge in [0.2, 0.25) is 0 Å². The summed E-state index contributed by atoms with van der Waals surface area (Å²) in [5, 5.41) is 8.64. The molecule has 0 aliphatic heterocycles. The van der Waals surface area contributed by atoms with Gasteiger partial charge in [0, 0.05) is 19.1 Å². The number of carbonyl (C=O) groups excluding carboxylic acids is 1. The number of para-hydroxylation sites is 1. The molecule has 0 bridgehead atoms. The smallest absolute Gasteiger partial charge is 0.341 e. The zero-order chi connectivity index (χ0) is 14.1. The summed E-state index contributed by atoms with van der Waals surface area (Å²) in [5.41, 5.74) is 0.650. The summed E-state index contributed by atoms with van der Waals surface area (Å²) in [5.74, 6) is 5.93. The number of benzene rings is 1. The second kappa shape index (κ2) is 8.22. The molecule has 0 radical (unpaired) electrons. The first-order chi connectivity index (χ1) is 9.09. The average Bonchev–Trinajstić information content (AvgIpc) is 2.36. The van der Waals surface area contributed by atoms with E-state index in [0.717, 1.165) is 0 Å². The van der Waals surface area contributed by atoms with Crippen LogP contribution in [-0.2, 0) is 9.59 Å². The van der Waals surface area contributed by atoms with Crippen molar-refractivity contribution in [2.75, 3.05) is 12.4 Å². The van der Waals surface area contributed by atoms with Gasteiger partial charge in [0.25, 0.3) is 0 Å². The van der Waals surface area contributed by atoms with Crippen molar-refractivity contribution in [2.24, 2.45) is 0 Å². The molecule has 0 aromatic heterocycles. The Bertz CT molecular complexity index is 514. The van der Waals surface area contributed by atoms with E-state index in [0.29, 0.717) is 23.5 Å². The van der Waals surface area contributed by atoms with Gasteiger partial charge in [-0.2, -0.15) is 0 Å². The van der Waals surface area contributed by atoms with Crippen molar-refractivity contribution in [1.29, 1.82) is 0 Å². The van der Waals surface area contributed by atoms with E-state index in [1.807, 2.05) is 6.07 Å². The Hall–Kier alpha value is -1.93. The molecule has 100 valence electrons. The number of hydrogen-bond acceptors (Lipinski definition) is 4. The molecule has 0 atom stereocenters. The first-order valence-electron chi connectivity index (χ1n) is 5.65. The van der Waals surface area contributed by atoms with E-state index in [1.54, 1.807) is 18.2 Å². The standard InChI is InChI=1S/C14H14O4S/c1-11(15)19-9-5-4-7-12-6-2-3-8-13(12)18-10-14(16)17/h2-3,6,8H,5,9-10H2,1H3,(H,16,17). The fourth-order valence-corrected chi connectivity index (χ4v) is 1.73. The highest BCUT2D eigenvalue weighted by molar-refractivity contribution is 8.13. The average molecular weight is 278 g/mol. The lowest BCUT2D eigenvalue weighted by Gasteiger charge is -2.04. The number of rotatable bonds is 5. The Balaban J connectivity index is 2.59. The van der Waals surface area contributed by atoms with E-state index >= 15 is 0 Å². The minimum Gasteiger partial charge on any atom is -0.481 e. The minimum atomic E-state index is -1.03. The predicted molar refractivity (Wildman–Crippen MR) is 74.2 cm³/mol. The van der Waals surface area contributed by atoms with Crippen LogP contribution in [0.3, 0.4) is 0 Å². The van der Waals surface area contributed by atoms with E-state index in [4.69, 9.17) is 9.84 Å². The molecule has 0 aliphatic carbocycles. The van der Waals surface area contributed by atoms with Crippen LogP contribution in [0.15, 0.2) is 24.3 Å². The van der Waals surface area contributed by atoms with Gasteiger partial charge in [0.15, 0.2) is 11.7 Å². The molecule has 0 unspecified atom stereocenters. The van der Waals surface area contributed by atoms with Crippen molar-refractivity contribution in [3.8, 4) is 17.6 Å². The lowest BCUT2D eigenvalue weighted by atomic mass is 10.2. The molecular weight excluding hydrogens is 264 g/mol. The number of carboxylic acids is 1. The lowest BCUT2D eigenvalue weighted by Crippen LogP contribution is -2.10. The molecule has 19 heavy (non-hydrogen) atoms. The summed E-state index contributed by atoms with van der Waals surface area (Å²) in [4.78, 5) is 21.2. The van der Waals surface area contributed by atoms with Gasteiger partial charge in [-0.3, -0.25) is 4.79 Å². The molecular formula is C14H14O4S. The zero-order valence-corrected chi connectivity index (χ0v) is 11.3. The Morgan fingerprint density at radius 1 is 1.37 bits per heavy atom. The van der Waals surface area contributed by atoms with E-state index < -0.39 is 5.97 Å². The van der Waals surface area contributed by atoms with Gasteiger partial charge in [0.05, 0.1) is 5.56 Å². The van der Waals surface area contributed by atoms with Crippen molar-refractivity contribution in [2.45, 2.75) is 13.3 Å². The second-order valence-corrected chi connectivity index (χ2v) is 4.84. The van der Waals surface area contributed by atoms with E-state index in [-0.39, 0.29) is 11.7 Å². The fourth-order valence-electron chi connectivity index (χ4n) is 1.24. The van der Waals surface area contributed by atoms with Crippen LogP contribution in [0.4, 0.5) is 0 Å². The van der Waals surface area contributed by atoms with Gasteiger partial charge in [0.1, 0.15) is 5.75 Å². The third-order valence-electron chi connectivity index (χ3n) is 1.99. The van der Waals surface area contributed by atoms with Crippen molar-refractivity contribution in [1.82, 2.24) is 0 Å². The van der Waals surface area contributed by atoms with Crippen LogP contribution < -0.4 is 4.74 Å². The van der Waals surface area contributed by atoms with Crippen molar-refractivity contribution in [3.63, 3.8) is 0 Å². The van der Waals surface area contributed by atoms with Gasteiger partial charge < -0.3 is 9.84 Å². The molecule has 0 spiro atoms. The summed E-state index contributed by atoms with van der Waals surface area (Å²) in [6, 6.07) is 7.01. The highest BCUT2D eigenvalue weighted by atomic mass is 32.2. The van der Waals surface area contributed by atoms with Crippen molar-refractivity contribution >= 4 is 22.8 Å². The van der Waals surface area contributed by atoms with Gasteiger partial charge in [-0.15, -0.1) is 0 Å². The molecule has 0 fully saturated rings. The topological polar surface area (TPSA) is 63.6 Å². The van der Waals surface area contributed by atoms with Crippen LogP contribution in [0.1, 0.15) is 18.9 Å². The quantitative estimate of drug-likeness (QED) is 0.660. The maximum Gasteiger partial charge on any atom is 0.341 e. The predicted octanol–water partition coefficient (Wildman–Crippen LogP) is 2.17. The Morgan fingerprint density at radius 3 is 2.79 bits per heavy atom. The number of aliphatic carboxylic acids is 1. The number of ether oxygens (including phenoxy) is 1. The molecule has 1 aromatic carbocycles. The molecule has 1 rings (SSSR count). The third-order valence-corrected chi connectivity index (χ3v) is 2.81. The SMILES string of the molecule is CC(=O)SCCC#Cc1ccccc1OCC(=O)O. The van der Waals surface area contributed by atoms with Crippen LogP contribution in [-0.4, -0.2) is 28.6 Å². The van der Waals surface area contributed by atoms with Crippen LogP contribution in [0.5, 0.6) is 5.75 Å². The first-order valence-corrected chi connectivity index (χ1v) is 6.64. The maximum absolute atomic E-state index is 10.7.